The van der Waals surface area contributed by atoms with Gasteiger partial charge in [0, 0.05) is 0 Å². The van der Waals surface area contributed by atoms with Crippen LogP contribution in [0.2, 0.25) is 0 Å². The smallest absolute Gasteiger partial charge is 0.260 e. The Balaban J connectivity index is 3.22. The lowest BCUT2D eigenvalue weighted by atomic mass is 10.1. The van der Waals surface area contributed by atoms with Gasteiger partial charge in [-0.2, -0.15) is 10.5 Å². The number of hydrogen-bond acceptors (Lipinski definition) is 6. The lowest BCUT2D eigenvalue weighted by Gasteiger charge is -2.16. The van der Waals surface area contributed by atoms with E-state index in [1.54, 1.807) is 26.0 Å². The Morgan fingerprint density at radius 2 is 2.18 bits per heavy atom. The molecule has 0 saturated carbocycles. The highest BCUT2D eigenvalue weighted by atomic mass is 32.2. The first-order valence-electron chi connectivity index (χ1n) is 4.67. The van der Waals surface area contributed by atoms with Crippen LogP contribution in [0.5, 0.6) is 0 Å². The van der Waals surface area contributed by atoms with Crippen molar-refractivity contribution in [1.82, 2.24) is 0 Å². The van der Waals surface area contributed by atoms with Crippen LogP contribution >= 0.6 is 12.0 Å². The Morgan fingerprint density at radius 3 is 2.65 bits per heavy atom. The molecule has 1 heterocycles. The van der Waals surface area contributed by atoms with Crippen LogP contribution in [0.1, 0.15) is 13.8 Å². The lowest BCUT2D eigenvalue weighted by Crippen LogP contribution is -2.16. The minimum atomic E-state index is -0.694. The summed E-state index contributed by atoms with van der Waals surface area (Å²) in [5, 5.41) is 17.3. The van der Waals surface area contributed by atoms with E-state index in [0.29, 0.717) is 12.0 Å². The van der Waals surface area contributed by atoms with Gasteiger partial charge >= 0.3 is 0 Å². The Hall–Kier alpha value is -1.76. The van der Waals surface area contributed by atoms with Crippen LogP contribution < -0.4 is 0 Å². The number of carbonyl (C=O) groups excluding carboxylic acids is 1. The number of nitriles is 2. The van der Waals surface area contributed by atoms with E-state index in [0.717, 1.165) is 0 Å². The third-order valence-electron chi connectivity index (χ3n) is 1.92. The molecular formula is C11H10N2O3S. The molecule has 0 fully saturated rings. The fourth-order valence-corrected chi connectivity index (χ4v) is 1.71. The van der Waals surface area contributed by atoms with E-state index in [1.165, 1.54) is 7.11 Å². The van der Waals surface area contributed by atoms with Crippen molar-refractivity contribution in [3.63, 3.8) is 0 Å². The van der Waals surface area contributed by atoms with Crippen LogP contribution in [0.25, 0.3) is 0 Å². The molecule has 88 valence electrons. The van der Waals surface area contributed by atoms with Crippen LogP contribution in [0, 0.1) is 22.7 Å². The molecule has 1 aliphatic rings. The molecule has 1 aliphatic heterocycles. The van der Waals surface area contributed by atoms with Crippen molar-refractivity contribution in [1.29, 1.82) is 10.5 Å². The van der Waals surface area contributed by atoms with Crippen molar-refractivity contribution in [3.05, 3.63) is 23.0 Å². The van der Waals surface area contributed by atoms with Crippen molar-refractivity contribution < 1.29 is 13.7 Å². The quantitative estimate of drug-likeness (QED) is 0.422. The fraction of sp³-hybridized carbons (Fsp3) is 0.364. The topological polar surface area (TPSA) is 83.1 Å². The predicted octanol–water partition coefficient (Wildman–Crippen LogP) is 1.84. The average Bonchev–Trinajstić information content (AvgIpc) is 2.55. The molecule has 5 nitrogen and oxygen atoms in total. The van der Waals surface area contributed by atoms with Gasteiger partial charge in [0.15, 0.2) is 11.3 Å². The van der Waals surface area contributed by atoms with E-state index in [9.17, 15) is 4.79 Å². The average molecular weight is 250 g/mol. The highest BCUT2D eigenvalue weighted by Gasteiger charge is 2.33. The van der Waals surface area contributed by atoms with Gasteiger partial charge in [0.25, 0.3) is 5.12 Å². The van der Waals surface area contributed by atoms with Gasteiger partial charge in [0.2, 0.25) is 0 Å². The molecule has 0 spiro atoms. The van der Waals surface area contributed by atoms with Crippen molar-refractivity contribution in [3.8, 4) is 12.1 Å². The van der Waals surface area contributed by atoms with Crippen LogP contribution in [-0.2, 0) is 13.7 Å². The van der Waals surface area contributed by atoms with Crippen LogP contribution in [-0.4, -0.2) is 17.8 Å². The highest BCUT2D eigenvalue weighted by molar-refractivity contribution is 8.10. The second kappa shape index (κ2) is 5.05. The normalized spacial score (nSPS) is 19.7. The molecule has 0 radical (unpaired) electrons. The van der Waals surface area contributed by atoms with E-state index >= 15 is 0 Å². The molecule has 1 rings (SSSR count). The van der Waals surface area contributed by atoms with Crippen molar-refractivity contribution in [2.45, 2.75) is 19.4 Å². The number of carbonyl (C=O) groups is 1. The molecule has 0 atom stereocenters. The van der Waals surface area contributed by atoms with Gasteiger partial charge in [0.1, 0.15) is 17.7 Å². The third kappa shape index (κ3) is 2.88. The summed E-state index contributed by atoms with van der Waals surface area (Å²) >= 11 is 0.528. The fourth-order valence-electron chi connectivity index (χ4n) is 1.34. The number of ether oxygens (including phenoxy) is 1. The molecule has 0 N–H and O–H groups in total. The van der Waals surface area contributed by atoms with Crippen molar-refractivity contribution >= 4 is 17.2 Å². The Bertz CT molecular complexity index is 492. The van der Waals surface area contributed by atoms with E-state index < -0.39 is 10.7 Å². The van der Waals surface area contributed by atoms with Gasteiger partial charge in [0.05, 0.1) is 24.7 Å². The van der Waals surface area contributed by atoms with E-state index in [-0.39, 0.29) is 16.9 Å². The summed E-state index contributed by atoms with van der Waals surface area (Å²) in [6, 6.07) is 3.65. The second-order valence-corrected chi connectivity index (χ2v) is 4.60. The Morgan fingerprint density at radius 1 is 1.53 bits per heavy atom. The molecule has 0 bridgehead atoms. The van der Waals surface area contributed by atoms with Crippen LogP contribution in [0.4, 0.5) is 0 Å². The van der Waals surface area contributed by atoms with E-state index in [2.05, 4.69) is 4.18 Å². The lowest BCUT2D eigenvalue weighted by molar-refractivity contribution is -0.108. The monoisotopic (exact) mass is 250 g/mol. The summed E-state index contributed by atoms with van der Waals surface area (Å²) in [5.74, 6) is 0.0227. The first-order chi connectivity index (χ1) is 7.95. The van der Waals surface area contributed by atoms with Crippen LogP contribution in [0.3, 0.4) is 0 Å². The van der Waals surface area contributed by atoms with Crippen molar-refractivity contribution in [2.24, 2.45) is 0 Å². The molecule has 0 saturated heterocycles. The van der Waals surface area contributed by atoms with E-state index in [1.807, 2.05) is 6.07 Å². The van der Waals surface area contributed by atoms with Gasteiger partial charge in [-0.25, -0.2) is 0 Å². The maximum Gasteiger partial charge on any atom is 0.260 e. The first-order valence-corrected chi connectivity index (χ1v) is 5.41. The first kappa shape index (κ1) is 13.3. The summed E-state index contributed by atoms with van der Waals surface area (Å²) in [6.07, 6.45) is 1.57. The highest BCUT2D eigenvalue weighted by Crippen LogP contribution is 2.33. The van der Waals surface area contributed by atoms with Crippen LogP contribution in [0.15, 0.2) is 23.0 Å². The van der Waals surface area contributed by atoms with Gasteiger partial charge in [-0.15, -0.1) is 0 Å². The minimum absolute atomic E-state index is 0.0227. The largest absolute Gasteiger partial charge is 0.481 e. The van der Waals surface area contributed by atoms with Gasteiger partial charge in [-0.3, -0.25) is 4.79 Å². The standard InChI is InChI=1S/C11H10N2O3S/c1-11(2)4-7(5-12)9(16-11)8(6-13)10(14)17-15-3/h4H,1-3H3/b9-8-. The number of hydrogen-bond donors (Lipinski definition) is 0. The summed E-state index contributed by atoms with van der Waals surface area (Å²) in [7, 11) is 1.32. The molecular weight excluding hydrogens is 240 g/mol. The number of nitrogens with zero attached hydrogens (tertiary/aromatic N) is 2. The number of rotatable bonds is 2. The van der Waals surface area contributed by atoms with E-state index in [4.69, 9.17) is 15.3 Å². The number of allylic oxidation sites excluding steroid dienone is 1. The molecule has 0 aliphatic carbocycles. The Labute approximate surface area is 104 Å². The molecule has 0 aromatic rings. The SMILES string of the molecule is COSC(=O)/C(C#N)=C1\OC(C)(C)C=C1C#N. The molecule has 0 aromatic carbocycles. The molecule has 0 amide bonds. The van der Waals surface area contributed by atoms with Gasteiger partial charge in [-0.05, 0) is 19.9 Å². The summed E-state index contributed by atoms with van der Waals surface area (Å²) in [5.41, 5.74) is -0.715. The predicted molar refractivity (Wildman–Crippen MR) is 61.1 cm³/mol. The third-order valence-corrected chi connectivity index (χ3v) is 2.45. The minimum Gasteiger partial charge on any atom is -0.481 e. The van der Waals surface area contributed by atoms with Gasteiger partial charge < -0.3 is 8.92 Å². The molecule has 0 aromatic heterocycles. The summed E-state index contributed by atoms with van der Waals surface area (Å²) in [6.45, 7) is 3.47. The second-order valence-electron chi connectivity index (χ2n) is 3.73. The molecule has 17 heavy (non-hydrogen) atoms. The maximum atomic E-state index is 11.6. The zero-order chi connectivity index (χ0) is 13.1. The Kier molecular flexibility index (Phi) is 3.95. The zero-order valence-corrected chi connectivity index (χ0v) is 10.4. The summed E-state index contributed by atoms with van der Waals surface area (Å²) in [4.78, 5) is 11.6. The maximum absolute atomic E-state index is 11.6. The van der Waals surface area contributed by atoms with Crippen molar-refractivity contribution in [2.75, 3.05) is 7.11 Å². The molecule has 0 unspecified atom stereocenters. The zero-order valence-electron chi connectivity index (χ0n) is 9.60. The molecule has 6 heteroatoms. The van der Waals surface area contributed by atoms with Gasteiger partial charge in [-0.1, -0.05) is 0 Å². The summed E-state index contributed by atoms with van der Waals surface area (Å²) < 4.78 is 10.0.